The molecule has 2 amide bonds. The highest BCUT2D eigenvalue weighted by molar-refractivity contribution is 6.04. The van der Waals surface area contributed by atoms with Crippen molar-refractivity contribution in [3.8, 4) is 17.2 Å². The topological polar surface area (TPSA) is 106 Å². The molecule has 0 spiro atoms. The van der Waals surface area contributed by atoms with E-state index in [1.54, 1.807) is 55.6 Å². The molecule has 0 saturated heterocycles. The van der Waals surface area contributed by atoms with Crippen LogP contribution in [-0.4, -0.2) is 29.1 Å². The molecule has 5 aromatic rings. The third-order valence-electron chi connectivity index (χ3n) is 5.62. The van der Waals surface area contributed by atoms with Gasteiger partial charge in [-0.15, -0.1) is 5.10 Å². The van der Waals surface area contributed by atoms with Crippen molar-refractivity contribution in [2.45, 2.75) is 6.42 Å². The summed E-state index contributed by atoms with van der Waals surface area (Å²) in [6.45, 7) is 0. The van der Waals surface area contributed by atoms with Crippen LogP contribution in [0.15, 0.2) is 95.4 Å². The highest BCUT2D eigenvalue weighted by Crippen LogP contribution is 2.23. The first-order valence-electron chi connectivity index (χ1n) is 11.2. The van der Waals surface area contributed by atoms with Crippen molar-refractivity contribution in [1.82, 2.24) is 10.2 Å². The zero-order valence-corrected chi connectivity index (χ0v) is 19.4. The Hall–Kier alpha value is -4.98. The fourth-order valence-electron chi connectivity index (χ4n) is 3.86. The van der Waals surface area contributed by atoms with E-state index in [2.05, 4.69) is 20.8 Å². The molecule has 4 aromatic carbocycles. The van der Waals surface area contributed by atoms with Crippen molar-refractivity contribution in [1.29, 1.82) is 0 Å². The van der Waals surface area contributed by atoms with Crippen molar-refractivity contribution in [2.75, 3.05) is 17.7 Å². The Labute approximate surface area is 206 Å². The lowest BCUT2D eigenvalue weighted by atomic mass is 10.0. The molecule has 0 unspecified atom stereocenters. The fraction of sp³-hybridized carbons (Fsp3) is 0.0714. The number of amides is 2. The van der Waals surface area contributed by atoms with Gasteiger partial charge in [-0.05, 0) is 58.8 Å². The smallest absolute Gasteiger partial charge is 0.322 e. The van der Waals surface area contributed by atoms with E-state index in [1.165, 1.54) is 0 Å². The van der Waals surface area contributed by atoms with Crippen molar-refractivity contribution >= 4 is 34.3 Å². The summed E-state index contributed by atoms with van der Waals surface area (Å²) in [7, 11) is 1.58. The second kappa shape index (κ2) is 10.1. The van der Waals surface area contributed by atoms with Crippen molar-refractivity contribution < 1.29 is 18.7 Å². The van der Waals surface area contributed by atoms with E-state index < -0.39 is 5.91 Å². The summed E-state index contributed by atoms with van der Waals surface area (Å²) in [6.07, 6.45) is 0.216. The molecule has 0 bridgehead atoms. The largest absolute Gasteiger partial charge is 0.497 e. The van der Waals surface area contributed by atoms with Gasteiger partial charge in [0.2, 0.25) is 11.8 Å². The first-order chi connectivity index (χ1) is 17.6. The van der Waals surface area contributed by atoms with E-state index in [1.807, 2.05) is 42.5 Å². The van der Waals surface area contributed by atoms with Gasteiger partial charge in [0.25, 0.3) is 5.91 Å². The number of rotatable bonds is 7. The Morgan fingerprint density at radius 1 is 0.861 bits per heavy atom. The zero-order chi connectivity index (χ0) is 24.9. The molecule has 0 saturated carbocycles. The normalized spacial score (nSPS) is 10.7. The number of nitrogens with zero attached hydrogens (tertiary/aromatic N) is 2. The number of methoxy groups -OCH3 is 1. The van der Waals surface area contributed by atoms with Gasteiger partial charge in [0.1, 0.15) is 5.75 Å². The number of carbonyl (C=O) groups is 2. The summed E-state index contributed by atoms with van der Waals surface area (Å²) >= 11 is 0. The molecule has 0 aliphatic heterocycles. The number of nitrogens with one attached hydrogen (secondary N) is 2. The Kier molecular flexibility index (Phi) is 6.40. The minimum absolute atomic E-state index is 0.0313. The molecular formula is C28H22N4O4. The average molecular weight is 479 g/mol. The van der Waals surface area contributed by atoms with Crippen LogP contribution in [0.4, 0.5) is 11.7 Å². The Balaban J connectivity index is 1.24. The van der Waals surface area contributed by atoms with Crippen LogP contribution in [0.2, 0.25) is 0 Å². The van der Waals surface area contributed by atoms with Gasteiger partial charge in [-0.3, -0.25) is 14.9 Å². The van der Waals surface area contributed by atoms with Gasteiger partial charge in [0.15, 0.2) is 0 Å². The van der Waals surface area contributed by atoms with Gasteiger partial charge in [0.05, 0.1) is 13.5 Å². The Bertz CT molecular complexity index is 1540. The highest BCUT2D eigenvalue weighted by Gasteiger charge is 2.14. The fourth-order valence-corrected chi connectivity index (χ4v) is 3.86. The number of fused-ring (bicyclic) bond motifs is 1. The second-order valence-electron chi connectivity index (χ2n) is 8.04. The molecule has 0 fully saturated rings. The van der Waals surface area contributed by atoms with Gasteiger partial charge < -0.3 is 14.5 Å². The lowest BCUT2D eigenvalue weighted by molar-refractivity contribution is -0.115. The summed E-state index contributed by atoms with van der Waals surface area (Å²) in [5, 5.41) is 15.5. The summed E-state index contributed by atoms with van der Waals surface area (Å²) in [5.74, 6) is 0.355. The van der Waals surface area contributed by atoms with E-state index in [9.17, 15) is 9.59 Å². The summed E-state index contributed by atoms with van der Waals surface area (Å²) in [5.41, 5.74) is 2.47. The molecule has 5 rings (SSSR count). The lowest BCUT2D eigenvalue weighted by Crippen LogP contribution is -2.16. The number of aromatic nitrogens is 2. The number of anilines is 2. The lowest BCUT2D eigenvalue weighted by Gasteiger charge is -2.09. The van der Waals surface area contributed by atoms with Crippen LogP contribution in [0, 0.1) is 0 Å². The van der Waals surface area contributed by atoms with Gasteiger partial charge in [-0.25, -0.2) is 0 Å². The van der Waals surface area contributed by atoms with Crippen LogP contribution in [0.1, 0.15) is 15.9 Å². The molecule has 0 aliphatic rings. The molecule has 8 heteroatoms. The van der Waals surface area contributed by atoms with Gasteiger partial charge in [-0.1, -0.05) is 53.6 Å². The maximum Gasteiger partial charge on any atom is 0.322 e. The van der Waals surface area contributed by atoms with Crippen molar-refractivity contribution in [3.05, 3.63) is 102 Å². The quantitative estimate of drug-likeness (QED) is 0.327. The van der Waals surface area contributed by atoms with E-state index in [-0.39, 0.29) is 24.2 Å². The van der Waals surface area contributed by atoms with Crippen LogP contribution in [0.5, 0.6) is 5.75 Å². The second-order valence-corrected chi connectivity index (χ2v) is 8.04. The predicted octanol–water partition coefficient (Wildman–Crippen LogP) is 5.33. The third-order valence-corrected chi connectivity index (χ3v) is 5.62. The maximum atomic E-state index is 12.8. The van der Waals surface area contributed by atoms with Gasteiger partial charge in [0, 0.05) is 16.8 Å². The minimum Gasteiger partial charge on any atom is -0.497 e. The number of benzene rings is 4. The van der Waals surface area contributed by atoms with E-state index in [0.717, 1.165) is 16.3 Å². The van der Waals surface area contributed by atoms with Crippen LogP contribution in [-0.2, 0) is 11.2 Å². The molecule has 0 aliphatic carbocycles. The maximum absolute atomic E-state index is 12.8. The Morgan fingerprint density at radius 3 is 2.47 bits per heavy atom. The molecule has 8 nitrogen and oxygen atoms in total. The van der Waals surface area contributed by atoms with E-state index >= 15 is 0 Å². The van der Waals surface area contributed by atoms with Gasteiger partial charge in [-0.2, -0.15) is 0 Å². The molecule has 1 heterocycles. The molecule has 178 valence electrons. The molecule has 36 heavy (non-hydrogen) atoms. The highest BCUT2D eigenvalue weighted by atomic mass is 16.5. The number of ether oxygens (including phenoxy) is 1. The number of hydrogen-bond acceptors (Lipinski definition) is 6. The van der Waals surface area contributed by atoms with Crippen LogP contribution in [0.25, 0.3) is 22.2 Å². The standard InChI is InChI=1S/C28H22N4O4/c1-35-23-14-12-19(13-15-23)27-31-32-28(36-27)30-26(34)21-9-5-10-22(16-21)29-25(33)17-20-8-4-7-18-6-2-3-11-24(18)20/h2-16H,17H2,1H3,(H,29,33)(H,30,32,34). The van der Waals surface area contributed by atoms with E-state index in [4.69, 9.17) is 9.15 Å². The third kappa shape index (κ3) is 5.07. The van der Waals surface area contributed by atoms with E-state index in [0.29, 0.717) is 22.6 Å². The summed E-state index contributed by atoms with van der Waals surface area (Å²) < 4.78 is 10.7. The predicted molar refractivity (Wildman–Crippen MR) is 137 cm³/mol. The molecule has 2 N–H and O–H groups in total. The van der Waals surface area contributed by atoms with Crippen LogP contribution < -0.4 is 15.4 Å². The van der Waals surface area contributed by atoms with Crippen molar-refractivity contribution in [3.63, 3.8) is 0 Å². The van der Waals surface area contributed by atoms with Crippen LogP contribution >= 0.6 is 0 Å². The molecule has 0 atom stereocenters. The summed E-state index contributed by atoms with van der Waals surface area (Å²) in [4.78, 5) is 25.5. The summed E-state index contributed by atoms with van der Waals surface area (Å²) in [6, 6.07) is 27.6. The SMILES string of the molecule is COc1ccc(-c2nnc(NC(=O)c3cccc(NC(=O)Cc4cccc5ccccc45)c3)o2)cc1. The number of hydrogen-bond donors (Lipinski definition) is 2. The number of carbonyl (C=O) groups excluding carboxylic acids is 2. The van der Waals surface area contributed by atoms with Crippen molar-refractivity contribution in [2.24, 2.45) is 0 Å². The van der Waals surface area contributed by atoms with Gasteiger partial charge >= 0.3 is 6.01 Å². The van der Waals surface area contributed by atoms with Crippen LogP contribution in [0.3, 0.4) is 0 Å². The molecular weight excluding hydrogens is 456 g/mol. The monoisotopic (exact) mass is 478 g/mol. The minimum atomic E-state index is -0.440. The average Bonchev–Trinajstić information content (AvgIpc) is 3.37. The first kappa shape index (κ1) is 22.8. The first-order valence-corrected chi connectivity index (χ1v) is 11.2. The molecule has 1 aromatic heterocycles. The molecule has 0 radical (unpaired) electrons. The zero-order valence-electron chi connectivity index (χ0n) is 19.4. The Morgan fingerprint density at radius 2 is 1.64 bits per heavy atom.